The van der Waals surface area contributed by atoms with E-state index in [1.165, 1.54) is 24.3 Å². The van der Waals surface area contributed by atoms with Gasteiger partial charge in [-0.05, 0) is 62.1 Å². The van der Waals surface area contributed by atoms with Gasteiger partial charge in [0.15, 0.2) is 0 Å². The van der Waals surface area contributed by atoms with E-state index >= 15 is 0 Å². The van der Waals surface area contributed by atoms with Gasteiger partial charge in [0, 0.05) is 0 Å². The van der Waals surface area contributed by atoms with Crippen LogP contribution in [-0.2, 0) is 28.8 Å². The summed E-state index contributed by atoms with van der Waals surface area (Å²) in [6, 6.07) is 30.4. The van der Waals surface area contributed by atoms with Crippen molar-refractivity contribution in [1.29, 1.82) is 0 Å². The molecule has 0 amide bonds. The number of hydrogen-bond acceptors (Lipinski definition) is 8. The lowest BCUT2D eigenvalue weighted by molar-refractivity contribution is 0.335. The number of benzene rings is 4. The second kappa shape index (κ2) is 12.7. The second-order valence-corrected chi connectivity index (χ2v) is 12.0. The molecule has 0 radical (unpaired) electrons. The topological polar surface area (TPSA) is 111 Å². The van der Waals surface area contributed by atoms with E-state index in [-0.39, 0.29) is 22.6 Å². The average molecular weight is 577 g/mol. The predicted molar refractivity (Wildman–Crippen MR) is 154 cm³/mol. The predicted octanol–water partition coefficient (Wildman–Crippen LogP) is 6.00. The van der Waals surface area contributed by atoms with E-state index in [1.54, 1.807) is 72.8 Å². The molecule has 0 fully saturated rings. The molecule has 0 aliphatic carbocycles. The largest absolute Gasteiger partial charge is 0.358 e. The van der Waals surface area contributed by atoms with Gasteiger partial charge >= 0.3 is 20.2 Å². The molecule has 0 atom stereocenters. The molecular formula is C30H28N2O6S2. The van der Waals surface area contributed by atoms with E-state index in [2.05, 4.69) is 10.3 Å². The third-order valence-electron chi connectivity index (χ3n) is 5.92. The van der Waals surface area contributed by atoms with Crippen LogP contribution in [-0.4, -0.2) is 28.3 Å². The van der Waals surface area contributed by atoms with Crippen LogP contribution in [0.25, 0.3) is 0 Å². The van der Waals surface area contributed by atoms with Crippen LogP contribution < -0.4 is 0 Å². The molecule has 0 heterocycles. The zero-order valence-corrected chi connectivity index (χ0v) is 23.6. The van der Waals surface area contributed by atoms with Crippen molar-refractivity contribution in [3.05, 3.63) is 131 Å². The molecule has 10 heteroatoms. The van der Waals surface area contributed by atoms with E-state index < -0.39 is 20.2 Å². The summed E-state index contributed by atoms with van der Waals surface area (Å²) in [6.45, 7) is 3.70. The molecule has 0 unspecified atom stereocenters. The van der Waals surface area contributed by atoms with Crippen LogP contribution >= 0.6 is 0 Å². The fourth-order valence-corrected chi connectivity index (χ4v) is 5.15. The van der Waals surface area contributed by atoms with E-state index in [9.17, 15) is 16.8 Å². The highest BCUT2D eigenvalue weighted by molar-refractivity contribution is 7.87. The van der Waals surface area contributed by atoms with Gasteiger partial charge in [-0.2, -0.15) is 16.8 Å². The van der Waals surface area contributed by atoms with Gasteiger partial charge in [0.05, 0.1) is 11.4 Å². The molecular weight excluding hydrogens is 548 g/mol. The molecule has 0 bridgehead atoms. The normalized spacial score (nSPS) is 12.7. The van der Waals surface area contributed by atoms with E-state index in [4.69, 9.17) is 8.57 Å². The quantitative estimate of drug-likeness (QED) is 0.160. The number of hydrogen-bond donors (Lipinski definition) is 0. The van der Waals surface area contributed by atoms with Gasteiger partial charge in [0.25, 0.3) is 0 Å². The first kappa shape index (κ1) is 28.7. The van der Waals surface area contributed by atoms with Crippen LogP contribution in [0.4, 0.5) is 0 Å². The van der Waals surface area contributed by atoms with Gasteiger partial charge < -0.3 is 0 Å². The maximum absolute atomic E-state index is 12.8. The Labute approximate surface area is 234 Å². The van der Waals surface area contributed by atoms with Crippen LogP contribution in [0.15, 0.2) is 129 Å². The smallest absolute Gasteiger partial charge is 0.264 e. The van der Waals surface area contributed by atoms with Crippen molar-refractivity contribution in [1.82, 2.24) is 0 Å². The summed E-state index contributed by atoms with van der Waals surface area (Å²) < 4.78 is 61.2. The molecule has 206 valence electrons. The lowest BCUT2D eigenvalue weighted by Gasteiger charge is -2.10. The minimum atomic E-state index is -4.16. The summed E-state index contributed by atoms with van der Waals surface area (Å²) in [5, 5.41) is 8.02. The molecule has 0 aliphatic rings. The number of oxime groups is 2. The number of rotatable bonds is 11. The Bertz CT molecular complexity index is 1570. The Morgan fingerprint density at radius 3 is 1.18 bits per heavy atom. The molecule has 0 saturated carbocycles. The van der Waals surface area contributed by atoms with E-state index in [1.807, 2.05) is 26.0 Å². The summed E-state index contributed by atoms with van der Waals surface area (Å²) >= 11 is 0. The van der Waals surface area contributed by atoms with Gasteiger partial charge in [-0.25, -0.2) is 0 Å². The van der Waals surface area contributed by atoms with Crippen LogP contribution in [0, 0.1) is 13.8 Å². The highest BCUT2D eigenvalue weighted by Gasteiger charge is 2.19. The molecule has 40 heavy (non-hydrogen) atoms. The third kappa shape index (κ3) is 7.64. The zero-order chi connectivity index (χ0) is 28.6. The summed E-state index contributed by atoms with van der Waals surface area (Å²) in [5.74, 6) is 0. The minimum Gasteiger partial charge on any atom is -0.264 e. The third-order valence-corrected chi connectivity index (χ3v) is 8.16. The van der Waals surface area contributed by atoms with E-state index in [0.717, 1.165) is 11.1 Å². The molecule has 0 spiro atoms. The summed E-state index contributed by atoms with van der Waals surface area (Å²) in [5.41, 5.74) is 3.77. The molecule has 4 aromatic rings. The summed E-state index contributed by atoms with van der Waals surface area (Å²) in [7, 11) is -8.31. The molecule has 4 aromatic carbocycles. The maximum Gasteiger partial charge on any atom is 0.358 e. The lowest BCUT2D eigenvalue weighted by Crippen LogP contribution is -2.12. The standard InChI is InChI=1S/C30H28N2O6S2/c1-23-13-17-27(18-14-23)39(33,34)37-31-29(25-9-5-3-6-10-25)21-22-30(26-11-7-4-8-12-26)32-38-40(35,36)28-19-15-24(2)16-20-28/h3-20H,21-22H2,1-2H3/b31-29-,32-30-. The maximum atomic E-state index is 12.8. The Balaban J connectivity index is 1.61. The minimum absolute atomic E-state index is 0.0180. The Hall–Kier alpha value is -4.28. The van der Waals surface area contributed by atoms with E-state index in [0.29, 0.717) is 22.6 Å². The van der Waals surface area contributed by atoms with Gasteiger partial charge in [-0.15, -0.1) is 0 Å². The average Bonchev–Trinajstić information content (AvgIpc) is 2.96. The summed E-state index contributed by atoms with van der Waals surface area (Å²) in [6.07, 6.45) is 0.351. The first-order chi connectivity index (χ1) is 19.1. The first-order valence-corrected chi connectivity index (χ1v) is 15.2. The monoisotopic (exact) mass is 576 g/mol. The van der Waals surface area contributed by atoms with Gasteiger partial charge in [-0.1, -0.05) is 106 Å². The van der Waals surface area contributed by atoms with Crippen LogP contribution in [0.5, 0.6) is 0 Å². The molecule has 8 nitrogen and oxygen atoms in total. The second-order valence-electron chi connectivity index (χ2n) is 8.99. The fourth-order valence-electron chi connectivity index (χ4n) is 3.67. The van der Waals surface area contributed by atoms with Crippen molar-refractivity contribution in [2.45, 2.75) is 36.5 Å². The fraction of sp³-hybridized carbons (Fsp3) is 0.133. The summed E-state index contributed by atoms with van der Waals surface area (Å²) in [4.78, 5) is -0.0361. The van der Waals surface area contributed by atoms with Crippen molar-refractivity contribution in [3.8, 4) is 0 Å². The zero-order valence-electron chi connectivity index (χ0n) is 22.0. The van der Waals surface area contributed by atoms with Crippen molar-refractivity contribution >= 4 is 31.7 Å². The van der Waals surface area contributed by atoms with Gasteiger partial charge in [0.2, 0.25) is 0 Å². The molecule has 0 N–H and O–H groups in total. The SMILES string of the molecule is Cc1ccc(S(=O)(=O)O/N=C(/CC/C(=N/OS(=O)(=O)c2ccc(C)cc2)c2ccccc2)c2ccccc2)cc1. The molecule has 0 saturated heterocycles. The number of nitrogens with zero attached hydrogens (tertiary/aromatic N) is 2. The van der Waals surface area contributed by atoms with Gasteiger partial charge in [0.1, 0.15) is 9.79 Å². The Morgan fingerprint density at radius 2 is 0.850 bits per heavy atom. The van der Waals surface area contributed by atoms with Crippen LogP contribution in [0.3, 0.4) is 0 Å². The molecule has 4 rings (SSSR count). The Kier molecular flexibility index (Phi) is 9.13. The molecule has 0 aromatic heterocycles. The van der Waals surface area contributed by atoms with Crippen LogP contribution in [0.2, 0.25) is 0 Å². The lowest BCUT2D eigenvalue weighted by atomic mass is 10.0. The highest BCUT2D eigenvalue weighted by Crippen LogP contribution is 2.18. The highest BCUT2D eigenvalue weighted by atomic mass is 32.2. The first-order valence-electron chi connectivity index (χ1n) is 12.4. The Morgan fingerprint density at radius 1 is 0.525 bits per heavy atom. The van der Waals surface area contributed by atoms with Crippen molar-refractivity contribution in [3.63, 3.8) is 0 Å². The van der Waals surface area contributed by atoms with Crippen molar-refractivity contribution in [2.24, 2.45) is 10.3 Å². The van der Waals surface area contributed by atoms with Crippen LogP contribution in [0.1, 0.15) is 35.1 Å². The molecule has 0 aliphatic heterocycles. The van der Waals surface area contributed by atoms with Crippen molar-refractivity contribution in [2.75, 3.05) is 0 Å². The van der Waals surface area contributed by atoms with Gasteiger partial charge in [-0.3, -0.25) is 8.57 Å². The van der Waals surface area contributed by atoms with Crippen molar-refractivity contribution < 1.29 is 25.4 Å². The number of aryl methyl sites for hydroxylation is 2.